The molecule has 0 heterocycles. The van der Waals surface area contributed by atoms with Gasteiger partial charge in [0.1, 0.15) is 0 Å². The zero-order valence-corrected chi connectivity index (χ0v) is 12.8. The SMILES string of the molecule is O=C(Cc1cccc(C(=O)O)c1)NCc1ccc(C2CC2)cc1. The first-order valence-electron chi connectivity index (χ1n) is 7.79. The molecule has 0 bridgehead atoms. The Morgan fingerprint density at radius 1 is 1.04 bits per heavy atom. The Morgan fingerprint density at radius 2 is 1.78 bits per heavy atom. The zero-order valence-electron chi connectivity index (χ0n) is 12.8. The summed E-state index contributed by atoms with van der Waals surface area (Å²) in [7, 11) is 0. The molecular formula is C19H19NO3. The van der Waals surface area contributed by atoms with Gasteiger partial charge < -0.3 is 10.4 Å². The molecule has 118 valence electrons. The van der Waals surface area contributed by atoms with E-state index in [9.17, 15) is 9.59 Å². The summed E-state index contributed by atoms with van der Waals surface area (Å²) in [6.07, 6.45) is 2.75. The van der Waals surface area contributed by atoms with Crippen molar-refractivity contribution in [1.29, 1.82) is 0 Å². The lowest BCUT2D eigenvalue weighted by atomic mass is 10.1. The van der Waals surface area contributed by atoms with Gasteiger partial charge in [0.25, 0.3) is 0 Å². The van der Waals surface area contributed by atoms with Crippen LogP contribution in [0.4, 0.5) is 0 Å². The fraction of sp³-hybridized carbons (Fsp3) is 0.263. The third-order valence-corrected chi connectivity index (χ3v) is 4.06. The predicted molar refractivity (Wildman–Crippen MR) is 87.4 cm³/mol. The Labute approximate surface area is 135 Å². The minimum Gasteiger partial charge on any atom is -0.478 e. The minimum absolute atomic E-state index is 0.112. The fourth-order valence-corrected chi connectivity index (χ4v) is 2.59. The molecule has 0 aliphatic heterocycles. The van der Waals surface area contributed by atoms with E-state index in [1.54, 1.807) is 12.1 Å². The van der Waals surface area contributed by atoms with Crippen molar-refractivity contribution in [3.8, 4) is 0 Å². The van der Waals surface area contributed by atoms with Crippen LogP contribution in [0, 0.1) is 0 Å². The summed E-state index contributed by atoms with van der Waals surface area (Å²) in [5, 5.41) is 11.8. The molecule has 23 heavy (non-hydrogen) atoms. The van der Waals surface area contributed by atoms with Crippen molar-refractivity contribution in [1.82, 2.24) is 5.32 Å². The molecule has 0 radical (unpaired) electrons. The third-order valence-electron chi connectivity index (χ3n) is 4.06. The van der Waals surface area contributed by atoms with E-state index in [4.69, 9.17) is 5.11 Å². The quantitative estimate of drug-likeness (QED) is 0.861. The van der Waals surface area contributed by atoms with Crippen LogP contribution in [0.15, 0.2) is 48.5 Å². The topological polar surface area (TPSA) is 66.4 Å². The van der Waals surface area contributed by atoms with Gasteiger partial charge in [0, 0.05) is 6.54 Å². The number of rotatable bonds is 6. The van der Waals surface area contributed by atoms with Crippen LogP contribution >= 0.6 is 0 Å². The number of carbonyl (C=O) groups is 2. The molecule has 2 N–H and O–H groups in total. The van der Waals surface area contributed by atoms with Gasteiger partial charge in [0.05, 0.1) is 12.0 Å². The summed E-state index contributed by atoms with van der Waals surface area (Å²) in [6, 6.07) is 14.8. The Bertz CT molecular complexity index is 718. The normalized spacial score (nSPS) is 13.6. The zero-order chi connectivity index (χ0) is 16.2. The highest BCUT2D eigenvalue weighted by Gasteiger charge is 2.22. The number of benzene rings is 2. The van der Waals surface area contributed by atoms with Crippen molar-refractivity contribution in [2.24, 2.45) is 0 Å². The lowest BCUT2D eigenvalue weighted by molar-refractivity contribution is -0.120. The van der Waals surface area contributed by atoms with Gasteiger partial charge in [0.15, 0.2) is 0 Å². The number of carboxylic acid groups (broad SMARTS) is 1. The summed E-state index contributed by atoms with van der Waals surface area (Å²) in [5.41, 5.74) is 3.35. The van der Waals surface area contributed by atoms with Gasteiger partial charge in [-0.15, -0.1) is 0 Å². The average Bonchev–Trinajstić information content (AvgIpc) is 3.38. The second-order valence-corrected chi connectivity index (χ2v) is 5.97. The van der Waals surface area contributed by atoms with Crippen LogP contribution in [0.2, 0.25) is 0 Å². The van der Waals surface area contributed by atoms with Crippen LogP contribution < -0.4 is 5.32 Å². The number of amides is 1. The summed E-state index contributed by atoms with van der Waals surface area (Å²) in [5.74, 6) is -0.359. The maximum absolute atomic E-state index is 12.0. The maximum atomic E-state index is 12.0. The molecule has 0 unspecified atom stereocenters. The first-order valence-corrected chi connectivity index (χ1v) is 7.79. The van der Waals surface area contributed by atoms with Gasteiger partial charge in [-0.2, -0.15) is 0 Å². The summed E-state index contributed by atoms with van der Waals surface area (Å²) in [6.45, 7) is 0.488. The molecule has 3 rings (SSSR count). The number of carbonyl (C=O) groups excluding carboxylic acids is 1. The summed E-state index contributed by atoms with van der Waals surface area (Å²) < 4.78 is 0. The number of carboxylic acids is 1. The standard InChI is InChI=1S/C19H19NO3/c21-18(11-14-2-1-3-17(10-14)19(22)23)20-12-13-4-6-15(7-5-13)16-8-9-16/h1-7,10,16H,8-9,11-12H2,(H,20,21)(H,22,23). The molecule has 2 aromatic carbocycles. The van der Waals surface area contributed by atoms with Gasteiger partial charge in [-0.1, -0.05) is 36.4 Å². The molecule has 0 atom stereocenters. The first-order chi connectivity index (χ1) is 11.1. The van der Waals surface area contributed by atoms with E-state index in [-0.39, 0.29) is 17.9 Å². The predicted octanol–water partition coefficient (Wildman–Crippen LogP) is 3.12. The highest BCUT2D eigenvalue weighted by atomic mass is 16.4. The molecular weight excluding hydrogens is 290 g/mol. The van der Waals surface area contributed by atoms with Crippen LogP contribution in [-0.4, -0.2) is 17.0 Å². The van der Waals surface area contributed by atoms with Crippen molar-refractivity contribution in [3.05, 3.63) is 70.8 Å². The Kier molecular flexibility index (Phi) is 4.42. The highest BCUT2D eigenvalue weighted by molar-refractivity contribution is 5.88. The highest BCUT2D eigenvalue weighted by Crippen LogP contribution is 2.39. The number of hydrogen-bond donors (Lipinski definition) is 2. The molecule has 1 fully saturated rings. The van der Waals surface area contributed by atoms with Crippen LogP contribution in [0.25, 0.3) is 0 Å². The molecule has 2 aromatic rings. The van der Waals surface area contributed by atoms with Gasteiger partial charge >= 0.3 is 5.97 Å². The molecule has 4 nitrogen and oxygen atoms in total. The Balaban J connectivity index is 1.52. The van der Waals surface area contributed by atoms with E-state index >= 15 is 0 Å². The molecule has 0 spiro atoms. The van der Waals surface area contributed by atoms with E-state index in [1.807, 2.05) is 0 Å². The second kappa shape index (κ2) is 6.65. The van der Waals surface area contributed by atoms with Crippen LogP contribution in [-0.2, 0) is 17.8 Å². The van der Waals surface area contributed by atoms with E-state index in [0.29, 0.717) is 12.1 Å². The number of nitrogens with one attached hydrogen (secondary N) is 1. The maximum Gasteiger partial charge on any atom is 0.335 e. The third kappa shape index (κ3) is 4.19. The second-order valence-electron chi connectivity index (χ2n) is 5.97. The van der Waals surface area contributed by atoms with Gasteiger partial charge in [-0.25, -0.2) is 4.79 Å². The van der Waals surface area contributed by atoms with E-state index in [1.165, 1.54) is 30.5 Å². The monoisotopic (exact) mass is 309 g/mol. The minimum atomic E-state index is -0.983. The molecule has 1 aliphatic rings. The van der Waals surface area contributed by atoms with Gasteiger partial charge in [-0.05, 0) is 47.6 Å². The van der Waals surface area contributed by atoms with Gasteiger partial charge in [0.2, 0.25) is 5.91 Å². The number of hydrogen-bond acceptors (Lipinski definition) is 2. The van der Waals surface area contributed by atoms with E-state index in [2.05, 4.69) is 29.6 Å². The lowest BCUT2D eigenvalue weighted by Crippen LogP contribution is -2.24. The van der Waals surface area contributed by atoms with Crippen LogP contribution in [0.1, 0.15) is 45.8 Å². The molecule has 1 aliphatic carbocycles. The van der Waals surface area contributed by atoms with Crippen molar-refractivity contribution in [2.75, 3.05) is 0 Å². The van der Waals surface area contributed by atoms with E-state index in [0.717, 1.165) is 11.5 Å². The average molecular weight is 309 g/mol. The molecule has 0 aromatic heterocycles. The van der Waals surface area contributed by atoms with Crippen molar-refractivity contribution in [2.45, 2.75) is 31.7 Å². The van der Waals surface area contributed by atoms with Crippen molar-refractivity contribution in [3.63, 3.8) is 0 Å². The summed E-state index contributed by atoms with van der Waals surface area (Å²) in [4.78, 5) is 22.9. The van der Waals surface area contributed by atoms with Gasteiger partial charge in [-0.3, -0.25) is 4.79 Å². The molecule has 4 heteroatoms. The van der Waals surface area contributed by atoms with Crippen LogP contribution in [0.5, 0.6) is 0 Å². The lowest BCUT2D eigenvalue weighted by Gasteiger charge is -2.07. The largest absolute Gasteiger partial charge is 0.478 e. The Hall–Kier alpha value is -2.62. The molecule has 1 amide bonds. The van der Waals surface area contributed by atoms with Crippen LogP contribution in [0.3, 0.4) is 0 Å². The number of aromatic carboxylic acids is 1. The smallest absolute Gasteiger partial charge is 0.335 e. The van der Waals surface area contributed by atoms with E-state index < -0.39 is 5.97 Å². The first kappa shape index (κ1) is 15.3. The molecule has 0 saturated heterocycles. The Morgan fingerprint density at radius 3 is 2.43 bits per heavy atom. The van der Waals surface area contributed by atoms with Crippen molar-refractivity contribution < 1.29 is 14.7 Å². The molecule has 1 saturated carbocycles. The summed E-state index contributed by atoms with van der Waals surface area (Å²) >= 11 is 0. The fourth-order valence-electron chi connectivity index (χ4n) is 2.59. The van der Waals surface area contributed by atoms with Crippen molar-refractivity contribution >= 4 is 11.9 Å².